The molecule has 0 saturated heterocycles. The van der Waals surface area contributed by atoms with Gasteiger partial charge in [0.2, 0.25) is 0 Å². The van der Waals surface area contributed by atoms with E-state index in [4.69, 9.17) is 18.0 Å². The Morgan fingerprint density at radius 1 is 1.20 bits per heavy atom. The minimum Gasteiger partial charge on any atom is -0.389 e. The SMILES string of the molecule is CCN(c1ccccc1F)c1ccc(C)cc1C(N)=S. The summed E-state index contributed by atoms with van der Waals surface area (Å²) < 4.78 is 14.0. The van der Waals surface area contributed by atoms with Crippen molar-refractivity contribution in [3.63, 3.8) is 0 Å². The number of rotatable bonds is 4. The number of para-hydroxylation sites is 1. The van der Waals surface area contributed by atoms with Crippen LogP contribution in [0.15, 0.2) is 42.5 Å². The molecule has 0 unspecified atom stereocenters. The van der Waals surface area contributed by atoms with E-state index in [0.717, 1.165) is 16.8 Å². The van der Waals surface area contributed by atoms with Crippen molar-refractivity contribution in [3.05, 3.63) is 59.4 Å². The maximum absolute atomic E-state index is 14.0. The molecule has 104 valence electrons. The molecule has 0 atom stereocenters. The standard InChI is InChI=1S/C16H17FN2S/c1-3-19(15-7-5-4-6-13(15)17)14-9-8-11(2)10-12(14)16(18)20/h4-10H,3H2,1-2H3,(H2,18,20). The number of aryl methyl sites for hydroxylation is 1. The number of anilines is 2. The number of nitrogens with two attached hydrogens (primary N) is 1. The van der Waals surface area contributed by atoms with Crippen molar-refractivity contribution in [1.29, 1.82) is 0 Å². The van der Waals surface area contributed by atoms with Crippen molar-refractivity contribution in [1.82, 2.24) is 0 Å². The van der Waals surface area contributed by atoms with Crippen LogP contribution in [0.1, 0.15) is 18.1 Å². The Labute approximate surface area is 124 Å². The quantitative estimate of drug-likeness (QED) is 0.864. The fourth-order valence-electron chi connectivity index (χ4n) is 2.22. The molecule has 2 nitrogen and oxygen atoms in total. The van der Waals surface area contributed by atoms with E-state index in [2.05, 4.69) is 0 Å². The van der Waals surface area contributed by atoms with Gasteiger partial charge in [-0.3, -0.25) is 0 Å². The smallest absolute Gasteiger partial charge is 0.146 e. The second kappa shape index (κ2) is 6.01. The summed E-state index contributed by atoms with van der Waals surface area (Å²) in [7, 11) is 0. The van der Waals surface area contributed by atoms with Gasteiger partial charge in [-0.1, -0.05) is 36.0 Å². The number of thiocarbonyl (C=S) groups is 1. The summed E-state index contributed by atoms with van der Waals surface area (Å²) in [6, 6.07) is 12.5. The molecule has 0 aliphatic rings. The number of halogens is 1. The van der Waals surface area contributed by atoms with E-state index in [1.807, 2.05) is 43.0 Å². The highest BCUT2D eigenvalue weighted by molar-refractivity contribution is 7.80. The highest BCUT2D eigenvalue weighted by atomic mass is 32.1. The second-order valence-corrected chi connectivity index (χ2v) is 5.02. The Balaban J connectivity index is 2.58. The van der Waals surface area contributed by atoms with E-state index in [-0.39, 0.29) is 5.82 Å². The minimum atomic E-state index is -0.260. The molecule has 2 aromatic rings. The van der Waals surface area contributed by atoms with Crippen LogP contribution in [-0.4, -0.2) is 11.5 Å². The predicted molar refractivity (Wildman–Crippen MR) is 86.1 cm³/mol. The van der Waals surface area contributed by atoms with E-state index in [1.54, 1.807) is 12.1 Å². The van der Waals surface area contributed by atoms with Gasteiger partial charge < -0.3 is 10.6 Å². The molecule has 0 aliphatic carbocycles. The topological polar surface area (TPSA) is 29.3 Å². The van der Waals surface area contributed by atoms with Gasteiger partial charge in [0.1, 0.15) is 10.8 Å². The van der Waals surface area contributed by atoms with Crippen molar-refractivity contribution in [2.24, 2.45) is 5.73 Å². The zero-order valence-electron chi connectivity index (χ0n) is 11.6. The van der Waals surface area contributed by atoms with Crippen LogP contribution in [0.4, 0.5) is 15.8 Å². The van der Waals surface area contributed by atoms with Crippen molar-refractivity contribution < 1.29 is 4.39 Å². The van der Waals surface area contributed by atoms with Crippen molar-refractivity contribution in [2.45, 2.75) is 13.8 Å². The molecule has 0 fully saturated rings. The summed E-state index contributed by atoms with van der Waals surface area (Å²) in [5.41, 5.74) is 9.00. The molecule has 0 radical (unpaired) electrons. The molecule has 2 N–H and O–H groups in total. The Morgan fingerprint density at radius 3 is 2.50 bits per heavy atom. The molecule has 2 rings (SSSR count). The van der Waals surface area contributed by atoms with Crippen LogP contribution in [0.5, 0.6) is 0 Å². The summed E-state index contributed by atoms with van der Waals surface area (Å²) in [5.74, 6) is -0.260. The lowest BCUT2D eigenvalue weighted by molar-refractivity contribution is 0.625. The third kappa shape index (κ3) is 2.80. The van der Waals surface area contributed by atoms with Crippen LogP contribution in [0.25, 0.3) is 0 Å². The zero-order valence-corrected chi connectivity index (χ0v) is 12.4. The average Bonchev–Trinajstić information content (AvgIpc) is 2.42. The highest BCUT2D eigenvalue weighted by Gasteiger charge is 2.16. The van der Waals surface area contributed by atoms with Crippen LogP contribution in [0.2, 0.25) is 0 Å². The molecule has 0 spiro atoms. The van der Waals surface area contributed by atoms with E-state index >= 15 is 0 Å². The fraction of sp³-hybridized carbons (Fsp3) is 0.188. The predicted octanol–water partition coefficient (Wildman–Crippen LogP) is 3.93. The summed E-state index contributed by atoms with van der Waals surface area (Å²) in [4.78, 5) is 2.20. The third-order valence-corrected chi connectivity index (χ3v) is 3.39. The van der Waals surface area contributed by atoms with Gasteiger partial charge in [0.15, 0.2) is 0 Å². The monoisotopic (exact) mass is 288 g/mol. The molecule has 2 aromatic carbocycles. The molecule has 0 heterocycles. The van der Waals surface area contributed by atoms with Crippen LogP contribution < -0.4 is 10.6 Å². The Bertz CT molecular complexity index is 640. The molecular weight excluding hydrogens is 271 g/mol. The lowest BCUT2D eigenvalue weighted by Crippen LogP contribution is -2.22. The summed E-state index contributed by atoms with van der Waals surface area (Å²) in [5, 5.41) is 0. The van der Waals surface area contributed by atoms with Gasteiger partial charge in [-0.25, -0.2) is 4.39 Å². The normalized spacial score (nSPS) is 10.3. The first-order valence-electron chi connectivity index (χ1n) is 6.47. The molecular formula is C16H17FN2S. The Morgan fingerprint density at radius 2 is 1.90 bits per heavy atom. The van der Waals surface area contributed by atoms with Gasteiger partial charge in [0.05, 0.1) is 11.4 Å². The summed E-state index contributed by atoms with van der Waals surface area (Å²) >= 11 is 5.12. The number of hydrogen-bond donors (Lipinski definition) is 1. The van der Waals surface area contributed by atoms with Crippen LogP contribution >= 0.6 is 12.2 Å². The first-order chi connectivity index (χ1) is 9.54. The largest absolute Gasteiger partial charge is 0.389 e. The van der Waals surface area contributed by atoms with E-state index in [1.165, 1.54) is 6.07 Å². The third-order valence-electron chi connectivity index (χ3n) is 3.17. The first-order valence-corrected chi connectivity index (χ1v) is 6.88. The van der Waals surface area contributed by atoms with Gasteiger partial charge in [-0.2, -0.15) is 0 Å². The number of hydrogen-bond acceptors (Lipinski definition) is 2. The molecule has 0 bridgehead atoms. The van der Waals surface area contributed by atoms with Crippen LogP contribution in [-0.2, 0) is 0 Å². The zero-order chi connectivity index (χ0) is 14.7. The number of benzene rings is 2. The maximum Gasteiger partial charge on any atom is 0.146 e. The Kier molecular flexibility index (Phi) is 4.35. The summed E-state index contributed by atoms with van der Waals surface area (Å²) in [6.45, 7) is 4.57. The van der Waals surface area contributed by atoms with Gasteiger partial charge in [-0.05, 0) is 38.1 Å². The molecule has 20 heavy (non-hydrogen) atoms. The van der Waals surface area contributed by atoms with Gasteiger partial charge >= 0.3 is 0 Å². The second-order valence-electron chi connectivity index (χ2n) is 4.58. The molecule has 0 amide bonds. The van der Waals surface area contributed by atoms with Crippen LogP contribution in [0.3, 0.4) is 0 Å². The van der Waals surface area contributed by atoms with E-state index in [0.29, 0.717) is 17.2 Å². The maximum atomic E-state index is 14.0. The minimum absolute atomic E-state index is 0.260. The highest BCUT2D eigenvalue weighted by Crippen LogP contribution is 2.30. The van der Waals surface area contributed by atoms with Gasteiger partial charge in [0.25, 0.3) is 0 Å². The van der Waals surface area contributed by atoms with E-state index < -0.39 is 0 Å². The molecule has 0 aromatic heterocycles. The van der Waals surface area contributed by atoms with Crippen LogP contribution in [0, 0.1) is 12.7 Å². The molecule has 0 saturated carbocycles. The first kappa shape index (κ1) is 14.5. The average molecular weight is 288 g/mol. The van der Waals surface area contributed by atoms with E-state index in [9.17, 15) is 4.39 Å². The molecule has 0 aliphatic heterocycles. The Hall–Kier alpha value is -1.94. The lowest BCUT2D eigenvalue weighted by Gasteiger charge is -2.26. The van der Waals surface area contributed by atoms with Crippen molar-refractivity contribution in [2.75, 3.05) is 11.4 Å². The van der Waals surface area contributed by atoms with Crippen molar-refractivity contribution >= 4 is 28.6 Å². The summed E-state index contributed by atoms with van der Waals surface area (Å²) in [6.07, 6.45) is 0. The lowest BCUT2D eigenvalue weighted by atomic mass is 10.1. The van der Waals surface area contributed by atoms with Gasteiger partial charge in [0, 0.05) is 12.1 Å². The van der Waals surface area contributed by atoms with Gasteiger partial charge in [-0.15, -0.1) is 0 Å². The van der Waals surface area contributed by atoms with Crippen molar-refractivity contribution in [3.8, 4) is 0 Å². The number of nitrogens with zero attached hydrogens (tertiary/aromatic N) is 1. The fourth-order valence-corrected chi connectivity index (χ4v) is 2.39. The molecule has 4 heteroatoms.